The minimum atomic E-state index is -0.0790. The van der Waals surface area contributed by atoms with Crippen LogP contribution in [0, 0.1) is 0 Å². The van der Waals surface area contributed by atoms with E-state index in [2.05, 4.69) is 0 Å². The van der Waals surface area contributed by atoms with Crippen LogP contribution in [-0.2, 0) is 6.42 Å². The number of rotatable bonds is 4. The summed E-state index contributed by atoms with van der Waals surface area (Å²) in [4.78, 5) is 0. The number of phenols is 1. The quantitative estimate of drug-likeness (QED) is 0.868. The number of benzene rings is 2. The average Bonchev–Trinajstić information content (AvgIpc) is 2.41. The molecule has 0 bridgehead atoms. The molecule has 3 heteroatoms. The fourth-order valence-electron chi connectivity index (χ4n) is 1.88. The summed E-state index contributed by atoms with van der Waals surface area (Å²) < 4.78 is 5.18. The molecule has 0 saturated heterocycles. The molecule has 3 nitrogen and oxygen atoms in total. The van der Waals surface area contributed by atoms with E-state index in [1.165, 1.54) is 0 Å². The topological polar surface area (TPSA) is 55.5 Å². The van der Waals surface area contributed by atoms with E-state index in [-0.39, 0.29) is 11.8 Å². The molecule has 2 aromatic carbocycles. The van der Waals surface area contributed by atoms with E-state index in [0.29, 0.717) is 0 Å². The van der Waals surface area contributed by atoms with Gasteiger partial charge >= 0.3 is 0 Å². The molecule has 0 heterocycles. The SMILES string of the molecule is COc1cccc(C(N)Cc2ccc(O)cc2)c1. The molecular formula is C15H17NO2. The van der Waals surface area contributed by atoms with Gasteiger partial charge in [0.2, 0.25) is 0 Å². The van der Waals surface area contributed by atoms with E-state index in [4.69, 9.17) is 10.5 Å². The highest BCUT2D eigenvalue weighted by Gasteiger charge is 2.08. The molecule has 1 atom stereocenters. The molecule has 0 radical (unpaired) electrons. The average molecular weight is 243 g/mol. The number of methoxy groups -OCH3 is 1. The highest BCUT2D eigenvalue weighted by Crippen LogP contribution is 2.21. The third-order valence-electron chi connectivity index (χ3n) is 2.91. The summed E-state index contributed by atoms with van der Waals surface area (Å²) in [5.41, 5.74) is 8.31. The third kappa shape index (κ3) is 3.02. The van der Waals surface area contributed by atoms with Gasteiger partial charge in [0.15, 0.2) is 0 Å². The molecule has 0 aromatic heterocycles. The normalized spacial score (nSPS) is 12.1. The first-order valence-electron chi connectivity index (χ1n) is 5.86. The lowest BCUT2D eigenvalue weighted by atomic mass is 9.99. The highest BCUT2D eigenvalue weighted by molar-refractivity contribution is 5.32. The molecule has 0 saturated carbocycles. The first kappa shape index (κ1) is 12.5. The Labute approximate surface area is 107 Å². The molecule has 1 unspecified atom stereocenters. The number of ether oxygens (including phenoxy) is 1. The molecule has 0 aliphatic rings. The van der Waals surface area contributed by atoms with Crippen LogP contribution >= 0.6 is 0 Å². The first-order chi connectivity index (χ1) is 8.69. The lowest BCUT2D eigenvalue weighted by Gasteiger charge is -2.13. The van der Waals surface area contributed by atoms with Crippen molar-refractivity contribution in [3.8, 4) is 11.5 Å². The number of aromatic hydroxyl groups is 1. The fraction of sp³-hybridized carbons (Fsp3) is 0.200. The third-order valence-corrected chi connectivity index (χ3v) is 2.91. The van der Waals surface area contributed by atoms with Gasteiger partial charge in [-0.1, -0.05) is 24.3 Å². The molecule has 18 heavy (non-hydrogen) atoms. The van der Waals surface area contributed by atoms with Crippen molar-refractivity contribution in [1.82, 2.24) is 0 Å². The molecule has 2 aromatic rings. The van der Waals surface area contributed by atoms with Crippen LogP contribution in [0.5, 0.6) is 11.5 Å². The summed E-state index contributed by atoms with van der Waals surface area (Å²) >= 11 is 0. The van der Waals surface area contributed by atoms with Crippen LogP contribution in [0.1, 0.15) is 17.2 Å². The predicted molar refractivity (Wildman–Crippen MR) is 71.7 cm³/mol. The van der Waals surface area contributed by atoms with Gasteiger partial charge in [-0.05, 0) is 41.8 Å². The Hall–Kier alpha value is -2.00. The summed E-state index contributed by atoms with van der Waals surface area (Å²) in [5, 5.41) is 9.23. The lowest BCUT2D eigenvalue weighted by molar-refractivity contribution is 0.414. The fourth-order valence-corrected chi connectivity index (χ4v) is 1.88. The van der Waals surface area contributed by atoms with E-state index >= 15 is 0 Å². The van der Waals surface area contributed by atoms with Crippen LogP contribution in [0.15, 0.2) is 48.5 Å². The second-order valence-electron chi connectivity index (χ2n) is 4.25. The van der Waals surface area contributed by atoms with Crippen molar-refractivity contribution in [1.29, 1.82) is 0 Å². The van der Waals surface area contributed by atoms with Gasteiger partial charge in [0.25, 0.3) is 0 Å². The molecule has 94 valence electrons. The monoisotopic (exact) mass is 243 g/mol. The van der Waals surface area contributed by atoms with Crippen molar-refractivity contribution in [3.63, 3.8) is 0 Å². The maximum atomic E-state index is 9.23. The predicted octanol–water partition coefficient (Wildman–Crippen LogP) is 2.64. The highest BCUT2D eigenvalue weighted by atomic mass is 16.5. The Morgan fingerprint density at radius 3 is 2.56 bits per heavy atom. The van der Waals surface area contributed by atoms with Gasteiger partial charge in [-0.25, -0.2) is 0 Å². The molecule has 0 spiro atoms. The van der Waals surface area contributed by atoms with Gasteiger partial charge in [0, 0.05) is 6.04 Å². The van der Waals surface area contributed by atoms with Crippen molar-refractivity contribution in [2.75, 3.05) is 7.11 Å². The summed E-state index contributed by atoms with van der Waals surface area (Å²) in [7, 11) is 1.64. The standard InChI is InChI=1S/C15H17NO2/c1-18-14-4-2-3-12(10-14)15(16)9-11-5-7-13(17)8-6-11/h2-8,10,15,17H,9,16H2,1H3. The Kier molecular flexibility index (Phi) is 3.85. The van der Waals surface area contributed by atoms with Gasteiger partial charge in [-0.3, -0.25) is 0 Å². The molecule has 0 aliphatic carbocycles. The minimum Gasteiger partial charge on any atom is -0.508 e. The summed E-state index contributed by atoms with van der Waals surface area (Å²) in [5.74, 6) is 1.09. The lowest BCUT2D eigenvalue weighted by Crippen LogP contribution is -2.13. The van der Waals surface area contributed by atoms with Gasteiger partial charge < -0.3 is 15.6 Å². The molecular weight excluding hydrogens is 226 g/mol. The maximum absolute atomic E-state index is 9.23. The van der Waals surface area contributed by atoms with Gasteiger partial charge in [-0.15, -0.1) is 0 Å². The Balaban J connectivity index is 2.11. The Bertz CT molecular complexity index is 508. The molecule has 2 rings (SSSR count). The summed E-state index contributed by atoms with van der Waals surface area (Å²) in [6.07, 6.45) is 0.730. The van der Waals surface area contributed by atoms with Gasteiger partial charge in [0.05, 0.1) is 7.11 Å². The second-order valence-corrected chi connectivity index (χ2v) is 4.25. The summed E-state index contributed by atoms with van der Waals surface area (Å²) in [6.45, 7) is 0. The molecule has 0 fully saturated rings. The zero-order chi connectivity index (χ0) is 13.0. The van der Waals surface area contributed by atoms with Crippen LogP contribution in [0.2, 0.25) is 0 Å². The van der Waals surface area contributed by atoms with E-state index in [1.54, 1.807) is 19.2 Å². The zero-order valence-electron chi connectivity index (χ0n) is 10.3. The number of hydrogen-bond acceptors (Lipinski definition) is 3. The van der Waals surface area contributed by atoms with Crippen molar-refractivity contribution < 1.29 is 9.84 Å². The van der Waals surface area contributed by atoms with Crippen LogP contribution in [0.3, 0.4) is 0 Å². The minimum absolute atomic E-state index is 0.0790. The first-order valence-corrected chi connectivity index (χ1v) is 5.86. The molecule has 0 amide bonds. The van der Waals surface area contributed by atoms with E-state index in [1.807, 2.05) is 36.4 Å². The number of phenolic OH excluding ortho intramolecular Hbond substituents is 1. The van der Waals surface area contributed by atoms with Crippen molar-refractivity contribution in [3.05, 3.63) is 59.7 Å². The van der Waals surface area contributed by atoms with Crippen molar-refractivity contribution in [2.24, 2.45) is 5.73 Å². The second kappa shape index (κ2) is 5.56. The zero-order valence-corrected chi connectivity index (χ0v) is 10.3. The largest absolute Gasteiger partial charge is 0.508 e. The van der Waals surface area contributed by atoms with Crippen molar-refractivity contribution >= 4 is 0 Å². The Morgan fingerprint density at radius 2 is 1.89 bits per heavy atom. The van der Waals surface area contributed by atoms with Crippen LogP contribution in [0.25, 0.3) is 0 Å². The van der Waals surface area contributed by atoms with Crippen LogP contribution in [-0.4, -0.2) is 12.2 Å². The number of nitrogens with two attached hydrogens (primary N) is 1. The summed E-state index contributed by atoms with van der Waals surface area (Å²) in [6, 6.07) is 14.8. The van der Waals surface area contributed by atoms with Gasteiger partial charge in [-0.2, -0.15) is 0 Å². The molecule has 0 aliphatic heterocycles. The molecule has 3 N–H and O–H groups in total. The van der Waals surface area contributed by atoms with E-state index < -0.39 is 0 Å². The smallest absolute Gasteiger partial charge is 0.119 e. The van der Waals surface area contributed by atoms with Crippen LogP contribution in [0.4, 0.5) is 0 Å². The van der Waals surface area contributed by atoms with Crippen molar-refractivity contribution in [2.45, 2.75) is 12.5 Å². The number of hydrogen-bond donors (Lipinski definition) is 2. The van der Waals surface area contributed by atoms with Crippen LogP contribution < -0.4 is 10.5 Å². The Morgan fingerprint density at radius 1 is 1.17 bits per heavy atom. The van der Waals surface area contributed by atoms with Gasteiger partial charge in [0.1, 0.15) is 11.5 Å². The van der Waals surface area contributed by atoms with E-state index in [9.17, 15) is 5.11 Å². The maximum Gasteiger partial charge on any atom is 0.119 e. The van der Waals surface area contributed by atoms with E-state index in [0.717, 1.165) is 23.3 Å².